The molecule has 2 unspecified atom stereocenters. The summed E-state index contributed by atoms with van der Waals surface area (Å²) in [6.07, 6.45) is 61.1. The SMILES string of the molecule is CCCCCCCCCCCCCCCCCCCCCC(=O)O[C@H](COC(=O)CCCCCCCCCCCCCCCC(C)C)COP(=O)(O)OC[C@@H](O)COP(=O)(O)OC[C@@H](COC(=O)CCCCCCCCCCC(C)C)OC(=O)CCCCCCCCCCCCCCC(C)C. The van der Waals surface area contributed by atoms with E-state index in [2.05, 4.69) is 48.5 Å². The molecule has 0 rings (SSSR count). The van der Waals surface area contributed by atoms with Crippen LogP contribution in [0.3, 0.4) is 0 Å². The summed E-state index contributed by atoms with van der Waals surface area (Å²) in [5, 5.41) is 10.7. The maximum Gasteiger partial charge on any atom is 0.472 e. The van der Waals surface area contributed by atoms with Crippen LogP contribution < -0.4 is 0 Å². The maximum absolute atomic E-state index is 13.1. The van der Waals surface area contributed by atoms with Gasteiger partial charge >= 0.3 is 39.5 Å². The first-order valence-electron chi connectivity index (χ1n) is 42.3. The monoisotopic (exact) mass is 1480 g/mol. The van der Waals surface area contributed by atoms with E-state index in [0.29, 0.717) is 25.7 Å². The molecule has 0 heterocycles. The number of esters is 4. The number of hydrogen-bond donors (Lipinski definition) is 3. The highest BCUT2D eigenvalue weighted by molar-refractivity contribution is 7.47. The van der Waals surface area contributed by atoms with Gasteiger partial charge in [0.05, 0.1) is 26.4 Å². The Bertz CT molecular complexity index is 1960. The predicted octanol–water partition coefficient (Wildman–Crippen LogP) is 24.5. The molecule has 0 aromatic rings. The number of carbonyl (C=O) groups is 4. The molecule has 0 amide bonds. The maximum atomic E-state index is 13.1. The predicted molar refractivity (Wildman–Crippen MR) is 414 cm³/mol. The van der Waals surface area contributed by atoms with Crippen LogP contribution >= 0.6 is 15.6 Å². The van der Waals surface area contributed by atoms with Gasteiger partial charge in [0.15, 0.2) is 12.2 Å². The van der Waals surface area contributed by atoms with Crippen molar-refractivity contribution in [2.24, 2.45) is 17.8 Å². The van der Waals surface area contributed by atoms with Crippen molar-refractivity contribution in [1.29, 1.82) is 0 Å². The molecule has 101 heavy (non-hydrogen) atoms. The Morgan fingerprint density at radius 1 is 0.267 bits per heavy atom. The highest BCUT2D eigenvalue weighted by atomic mass is 31.2. The molecule has 0 bridgehead atoms. The van der Waals surface area contributed by atoms with Crippen molar-refractivity contribution in [2.75, 3.05) is 39.6 Å². The first kappa shape index (κ1) is 99.1. The lowest BCUT2D eigenvalue weighted by Crippen LogP contribution is -2.30. The van der Waals surface area contributed by atoms with Crippen molar-refractivity contribution in [2.45, 2.75) is 446 Å². The van der Waals surface area contributed by atoms with Gasteiger partial charge in [-0.1, -0.05) is 376 Å². The van der Waals surface area contributed by atoms with Crippen molar-refractivity contribution in [1.82, 2.24) is 0 Å². The lowest BCUT2D eigenvalue weighted by atomic mass is 10.0. The molecular weight excluding hydrogens is 1320 g/mol. The summed E-state index contributed by atoms with van der Waals surface area (Å²) in [7, 11) is -9.92. The number of phosphoric acid groups is 2. The number of phosphoric ester groups is 2. The fourth-order valence-electron chi connectivity index (χ4n) is 12.7. The van der Waals surface area contributed by atoms with Gasteiger partial charge in [-0.2, -0.15) is 0 Å². The van der Waals surface area contributed by atoms with Gasteiger partial charge in [-0.05, 0) is 43.4 Å². The van der Waals surface area contributed by atoms with Crippen molar-refractivity contribution >= 4 is 39.5 Å². The molecule has 0 aliphatic rings. The highest BCUT2D eigenvalue weighted by Gasteiger charge is 2.30. The molecule has 0 saturated carbocycles. The Kier molecular flexibility index (Phi) is 70.9. The topological polar surface area (TPSA) is 237 Å². The summed E-state index contributed by atoms with van der Waals surface area (Å²) >= 11 is 0. The van der Waals surface area contributed by atoms with Crippen LogP contribution in [-0.4, -0.2) is 96.7 Å². The second-order valence-corrected chi connectivity index (χ2v) is 33.8. The molecule has 3 N–H and O–H groups in total. The molecule has 0 fully saturated rings. The van der Waals surface area contributed by atoms with Crippen LogP contribution in [0.5, 0.6) is 0 Å². The van der Waals surface area contributed by atoms with E-state index in [1.54, 1.807) is 0 Å². The Balaban J connectivity index is 5.25. The lowest BCUT2D eigenvalue weighted by Gasteiger charge is -2.21. The molecule has 0 aromatic heterocycles. The molecule has 19 heteroatoms. The number of unbranched alkanes of at least 4 members (excludes halogenated alkanes) is 48. The van der Waals surface area contributed by atoms with Gasteiger partial charge in [0.2, 0.25) is 0 Å². The average molecular weight is 1480 g/mol. The molecule has 5 atom stereocenters. The first-order chi connectivity index (χ1) is 48.7. The van der Waals surface area contributed by atoms with E-state index >= 15 is 0 Å². The minimum atomic E-state index is -4.96. The second-order valence-electron chi connectivity index (χ2n) is 30.9. The molecule has 0 aromatic carbocycles. The zero-order valence-corrected chi connectivity index (χ0v) is 68.2. The van der Waals surface area contributed by atoms with Gasteiger partial charge in [-0.15, -0.1) is 0 Å². The van der Waals surface area contributed by atoms with E-state index in [9.17, 15) is 43.2 Å². The highest BCUT2D eigenvalue weighted by Crippen LogP contribution is 2.45. The molecule has 0 spiro atoms. The molecule has 0 aliphatic carbocycles. The largest absolute Gasteiger partial charge is 0.472 e. The quantitative estimate of drug-likeness (QED) is 0.0222. The third-order valence-corrected chi connectivity index (χ3v) is 21.0. The summed E-state index contributed by atoms with van der Waals surface area (Å²) in [6, 6.07) is 0. The van der Waals surface area contributed by atoms with Gasteiger partial charge in [0, 0.05) is 25.7 Å². The summed E-state index contributed by atoms with van der Waals surface area (Å²) in [5.74, 6) is 0.184. The van der Waals surface area contributed by atoms with E-state index in [-0.39, 0.29) is 25.7 Å². The van der Waals surface area contributed by atoms with Crippen LogP contribution in [0, 0.1) is 17.8 Å². The van der Waals surface area contributed by atoms with E-state index in [1.807, 2.05) is 0 Å². The Morgan fingerprint density at radius 3 is 0.673 bits per heavy atom. The Labute approximate surface area is 619 Å². The number of ether oxygens (including phenoxy) is 4. The summed E-state index contributed by atoms with van der Waals surface area (Å²) in [4.78, 5) is 73.1. The summed E-state index contributed by atoms with van der Waals surface area (Å²) in [6.45, 7) is 11.9. The number of carbonyl (C=O) groups excluding carboxylic acids is 4. The van der Waals surface area contributed by atoms with Crippen molar-refractivity contribution in [3.05, 3.63) is 0 Å². The van der Waals surface area contributed by atoms with E-state index in [4.69, 9.17) is 37.0 Å². The summed E-state index contributed by atoms with van der Waals surface area (Å²) < 4.78 is 68.8. The zero-order chi connectivity index (χ0) is 74.4. The van der Waals surface area contributed by atoms with E-state index < -0.39 is 97.5 Å². The molecular formula is C82H160O17P2. The van der Waals surface area contributed by atoms with Crippen LogP contribution in [0.15, 0.2) is 0 Å². The molecule has 17 nitrogen and oxygen atoms in total. The van der Waals surface area contributed by atoms with Gasteiger partial charge in [-0.3, -0.25) is 37.3 Å². The van der Waals surface area contributed by atoms with Gasteiger partial charge < -0.3 is 33.8 Å². The van der Waals surface area contributed by atoms with E-state index in [0.717, 1.165) is 108 Å². The Morgan fingerprint density at radius 2 is 0.455 bits per heavy atom. The second kappa shape index (κ2) is 72.3. The van der Waals surface area contributed by atoms with Crippen LogP contribution in [0.4, 0.5) is 0 Å². The van der Waals surface area contributed by atoms with E-state index in [1.165, 1.54) is 238 Å². The van der Waals surface area contributed by atoms with Crippen molar-refractivity contribution in [3.63, 3.8) is 0 Å². The van der Waals surface area contributed by atoms with Gasteiger partial charge in [0.1, 0.15) is 19.3 Å². The van der Waals surface area contributed by atoms with Crippen molar-refractivity contribution in [3.8, 4) is 0 Å². The number of aliphatic hydroxyl groups is 1. The third-order valence-electron chi connectivity index (χ3n) is 19.1. The van der Waals surface area contributed by atoms with Crippen LogP contribution in [-0.2, 0) is 65.4 Å². The van der Waals surface area contributed by atoms with Crippen LogP contribution in [0.25, 0.3) is 0 Å². The molecule has 0 aliphatic heterocycles. The standard InChI is InChI=1S/C82H160O17P2/c1-8-9-10-11-12-13-14-15-16-17-18-19-20-23-30-35-44-51-58-65-81(86)98-77(69-92-79(84)63-56-49-42-34-29-24-21-22-27-32-39-46-53-60-73(2)3)71-96-100(88,89)94-67-76(83)68-95-101(90,91)97-72-78(70-93-80(85)64-57-50-43-38-37-41-48-55-62-75(6)7)99-82(87)66-59-52-45-36-31-26-25-28-33-40-47-54-61-74(4)5/h73-78,83H,8-72H2,1-7H3,(H,88,89)(H,90,91)/t76-,77-,78-/m1/s1. The lowest BCUT2D eigenvalue weighted by molar-refractivity contribution is -0.161. The minimum absolute atomic E-state index is 0.106. The minimum Gasteiger partial charge on any atom is -0.462 e. The fraction of sp³-hybridized carbons (Fsp3) is 0.951. The normalized spacial score (nSPS) is 14.0. The Hall–Kier alpha value is -1.94. The van der Waals surface area contributed by atoms with Gasteiger partial charge in [-0.25, -0.2) is 9.13 Å². The number of aliphatic hydroxyl groups excluding tert-OH is 1. The van der Waals surface area contributed by atoms with Gasteiger partial charge in [0.25, 0.3) is 0 Å². The van der Waals surface area contributed by atoms with Crippen LogP contribution in [0.2, 0.25) is 0 Å². The fourth-order valence-corrected chi connectivity index (χ4v) is 14.2. The van der Waals surface area contributed by atoms with Crippen LogP contribution in [0.1, 0.15) is 427 Å². The molecule has 0 radical (unpaired) electrons. The molecule has 0 saturated heterocycles. The number of hydrogen-bond acceptors (Lipinski definition) is 15. The zero-order valence-electron chi connectivity index (χ0n) is 66.4. The smallest absolute Gasteiger partial charge is 0.462 e. The first-order valence-corrected chi connectivity index (χ1v) is 45.3. The third kappa shape index (κ3) is 76.1. The average Bonchev–Trinajstić information content (AvgIpc) is 0.920. The summed E-state index contributed by atoms with van der Waals surface area (Å²) in [5.41, 5.74) is 0. The van der Waals surface area contributed by atoms with Crippen molar-refractivity contribution < 1.29 is 80.2 Å². The number of rotatable bonds is 80. The molecule has 600 valence electrons.